The van der Waals surface area contributed by atoms with Crippen molar-refractivity contribution < 1.29 is 9.90 Å². The Morgan fingerprint density at radius 2 is 2.41 bits per heavy atom. The first-order valence-electron chi connectivity index (χ1n) is 5.99. The SMILES string of the molecule is N#Cc1cccn1C1CCCC(CC(=O)O)C1. The molecule has 0 aliphatic heterocycles. The van der Waals surface area contributed by atoms with E-state index in [0.717, 1.165) is 25.7 Å². The number of rotatable bonds is 3. The fourth-order valence-electron chi connectivity index (χ4n) is 2.75. The van der Waals surface area contributed by atoms with Gasteiger partial charge in [0.25, 0.3) is 0 Å². The van der Waals surface area contributed by atoms with Gasteiger partial charge in [-0.3, -0.25) is 4.79 Å². The Bertz CT molecular complexity index is 445. The Morgan fingerprint density at radius 1 is 1.59 bits per heavy atom. The molecule has 2 rings (SSSR count). The minimum absolute atomic E-state index is 0.250. The number of aromatic nitrogens is 1. The fourth-order valence-corrected chi connectivity index (χ4v) is 2.75. The lowest BCUT2D eigenvalue weighted by Crippen LogP contribution is -2.21. The van der Waals surface area contributed by atoms with Gasteiger partial charge in [0.2, 0.25) is 0 Å². The fraction of sp³-hybridized carbons (Fsp3) is 0.538. The molecule has 0 spiro atoms. The molecule has 90 valence electrons. The van der Waals surface area contributed by atoms with E-state index in [-0.39, 0.29) is 18.4 Å². The molecule has 0 amide bonds. The summed E-state index contributed by atoms with van der Waals surface area (Å²) in [6.07, 6.45) is 6.12. The van der Waals surface area contributed by atoms with Gasteiger partial charge in [0, 0.05) is 18.7 Å². The number of carbonyl (C=O) groups is 1. The molecule has 0 radical (unpaired) electrons. The van der Waals surface area contributed by atoms with Crippen LogP contribution in [0.5, 0.6) is 0 Å². The van der Waals surface area contributed by atoms with Gasteiger partial charge in [-0.15, -0.1) is 0 Å². The van der Waals surface area contributed by atoms with E-state index in [2.05, 4.69) is 6.07 Å². The first-order valence-corrected chi connectivity index (χ1v) is 5.99. The second-order valence-electron chi connectivity index (χ2n) is 4.70. The van der Waals surface area contributed by atoms with Crippen molar-refractivity contribution in [1.82, 2.24) is 4.57 Å². The van der Waals surface area contributed by atoms with Gasteiger partial charge in [0.15, 0.2) is 0 Å². The predicted molar refractivity (Wildman–Crippen MR) is 62.4 cm³/mol. The standard InChI is InChI=1S/C13H16N2O2/c14-9-12-5-2-6-15(12)11-4-1-3-10(7-11)8-13(16)17/h2,5-6,10-11H,1,3-4,7-8H2,(H,16,17). The highest BCUT2D eigenvalue weighted by molar-refractivity contribution is 5.67. The summed E-state index contributed by atoms with van der Waals surface area (Å²) < 4.78 is 1.99. The Balaban J connectivity index is 2.07. The smallest absolute Gasteiger partial charge is 0.303 e. The first-order chi connectivity index (χ1) is 8.20. The number of carboxylic acid groups (broad SMARTS) is 1. The zero-order chi connectivity index (χ0) is 12.3. The third-order valence-corrected chi connectivity index (χ3v) is 3.51. The number of nitrogens with zero attached hydrogens (tertiary/aromatic N) is 2. The largest absolute Gasteiger partial charge is 0.481 e. The van der Waals surface area contributed by atoms with Crippen LogP contribution in [-0.2, 0) is 4.79 Å². The van der Waals surface area contributed by atoms with Crippen molar-refractivity contribution in [1.29, 1.82) is 5.26 Å². The lowest BCUT2D eigenvalue weighted by atomic mass is 9.83. The molecule has 1 N–H and O–H groups in total. The highest BCUT2D eigenvalue weighted by Gasteiger charge is 2.25. The summed E-state index contributed by atoms with van der Waals surface area (Å²) in [5, 5.41) is 17.8. The van der Waals surface area contributed by atoms with Gasteiger partial charge in [0.1, 0.15) is 11.8 Å². The molecule has 1 aliphatic carbocycles. The molecule has 0 saturated heterocycles. The molecule has 1 saturated carbocycles. The van der Waals surface area contributed by atoms with Crippen molar-refractivity contribution in [2.24, 2.45) is 5.92 Å². The average molecular weight is 232 g/mol. The van der Waals surface area contributed by atoms with Crippen molar-refractivity contribution in [3.05, 3.63) is 24.0 Å². The number of nitriles is 1. The zero-order valence-corrected chi connectivity index (χ0v) is 9.67. The van der Waals surface area contributed by atoms with E-state index >= 15 is 0 Å². The predicted octanol–water partition coefficient (Wildman–Crippen LogP) is 2.57. The van der Waals surface area contributed by atoms with Crippen molar-refractivity contribution in [2.75, 3.05) is 0 Å². The van der Waals surface area contributed by atoms with Crippen LogP contribution < -0.4 is 0 Å². The van der Waals surface area contributed by atoms with E-state index in [1.165, 1.54) is 0 Å². The van der Waals surface area contributed by atoms with Gasteiger partial charge in [-0.2, -0.15) is 5.26 Å². The van der Waals surface area contributed by atoms with E-state index < -0.39 is 5.97 Å². The van der Waals surface area contributed by atoms with Crippen LogP contribution in [0.3, 0.4) is 0 Å². The van der Waals surface area contributed by atoms with E-state index in [1.54, 1.807) is 6.07 Å². The van der Waals surface area contributed by atoms with Gasteiger partial charge in [0.05, 0.1) is 0 Å². The van der Waals surface area contributed by atoms with Gasteiger partial charge < -0.3 is 9.67 Å². The molecule has 4 heteroatoms. The van der Waals surface area contributed by atoms with Gasteiger partial charge in [-0.05, 0) is 37.3 Å². The molecule has 2 unspecified atom stereocenters. The molecule has 1 aromatic rings. The van der Waals surface area contributed by atoms with Crippen molar-refractivity contribution >= 4 is 5.97 Å². The number of hydrogen-bond acceptors (Lipinski definition) is 2. The second-order valence-corrected chi connectivity index (χ2v) is 4.70. The van der Waals surface area contributed by atoms with Crippen molar-refractivity contribution in [3.63, 3.8) is 0 Å². The Kier molecular flexibility index (Phi) is 3.48. The molecule has 1 aromatic heterocycles. The summed E-state index contributed by atoms with van der Waals surface area (Å²) in [6, 6.07) is 6.15. The molecule has 1 heterocycles. The second kappa shape index (κ2) is 5.05. The average Bonchev–Trinajstić information content (AvgIpc) is 2.76. The van der Waals surface area contributed by atoms with Crippen molar-refractivity contribution in [3.8, 4) is 6.07 Å². The van der Waals surface area contributed by atoms with Crippen LogP contribution in [0.15, 0.2) is 18.3 Å². The molecule has 4 nitrogen and oxygen atoms in total. The van der Waals surface area contributed by atoms with Crippen LogP contribution in [0.2, 0.25) is 0 Å². The summed E-state index contributed by atoms with van der Waals surface area (Å²) in [5.74, 6) is -0.469. The maximum absolute atomic E-state index is 10.7. The van der Waals surface area contributed by atoms with Crippen LogP contribution in [0.4, 0.5) is 0 Å². The molecular formula is C13H16N2O2. The van der Waals surface area contributed by atoms with Gasteiger partial charge in [-0.25, -0.2) is 0 Å². The van der Waals surface area contributed by atoms with Crippen LogP contribution >= 0.6 is 0 Å². The highest BCUT2D eigenvalue weighted by atomic mass is 16.4. The van der Waals surface area contributed by atoms with Crippen LogP contribution in [0.1, 0.15) is 43.8 Å². The van der Waals surface area contributed by atoms with Gasteiger partial charge in [-0.1, -0.05) is 6.42 Å². The Hall–Kier alpha value is -1.76. The molecule has 2 atom stereocenters. The molecule has 0 aromatic carbocycles. The van der Waals surface area contributed by atoms with Crippen LogP contribution in [-0.4, -0.2) is 15.6 Å². The minimum atomic E-state index is -0.719. The minimum Gasteiger partial charge on any atom is -0.481 e. The van der Waals surface area contributed by atoms with E-state index in [0.29, 0.717) is 5.69 Å². The maximum atomic E-state index is 10.7. The van der Waals surface area contributed by atoms with E-state index in [4.69, 9.17) is 10.4 Å². The van der Waals surface area contributed by atoms with Crippen molar-refractivity contribution in [2.45, 2.75) is 38.1 Å². The molecule has 1 aliphatic rings. The third kappa shape index (κ3) is 2.68. The zero-order valence-electron chi connectivity index (χ0n) is 9.67. The molecule has 0 bridgehead atoms. The number of carboxylic acids is 1. The van der Waals surface area contributed by atoms with E-state index in [1.807, 2.05) is 16.8 Å². The normalized spacial score (nSPS) is 24.2. The summed E-state index contributed by atoms with van der Waals surface area (Å²) >= 11 is 0. The Morgan fingerprint density at radius 3 is 3.12 bits per heavy atom. The number of hydrogen-bond donors (Lipinski definition) is 1. The quantitative estimate of drug-likeness (QED) is 0.870. The van der Waals surface area contributed by atoms with E-state index in [9.17, 15) is 4.79 Å². The van der Waals surface area contributed by atoms with Crippen LogP contribution in [0, 0.1) is 17.2 Å². The lowest BCUT2D eigenvalue weighted by molar-refractivity contribution is -0.138. The molecular weight excluding hydrogens is 216 g/mol. The number of aliphatic carboxylic acids is 1. The first kappa shape index (κ1) is 11.7. The molecule has 1 fully saturated rings. The highest BCUT2D eigenvalue weighted by Crippen LogP contribution is 2.35. The maximum Gasteiger partial charge on any atom is 0.303 e. The Labute approximate surface area is 100 Å². The summed E-state index contributed by atoms with van der Waals surface area (Å²) in [6.45, 7) is 0. The monoisotopic (exact) mass is 232 g/mol. The summed E-state index contributed by atoms with van der Waals surface area (Å²) in [7, 11) is 0. The summed E-state index contributed by atoms with van der Waals surface area (Å²) in [4.78, 5) is 10.7. The topological polar surface area (TPSA) is 66.0 Å². The van der Waals surface area contributed by atoms with Crippen LogP contribution in [0.25, 0.3) is 0 Å². The van der Waals surface area contributed by atoms with Gasteiger partial charge >= 0.3 is 5.97 Å². The summed E-state index contributed by atoms with van der Waals surface area (Å²) in [5.41, 5.74) is 0.672. The molecule has 17 heavy (non-hydrogen) atoms. The third-order valence-electron chi connectivity index (χ3n) is 3.51. The lowest BCUT2D eigenvalue weighted by Gasteiger charge is -2.29.